The SMILES string of the molecule is CC(C)(C)OC(=O)NCCCCNC(=O)CCCc1ccc(I)cc1. The molecule has 0 unspecified atom stereocenters. The molecule has 0 fully saturated rings. The van der Waals surface area contributed by atoms with Gasteiger partial charge < -0.3 is 15.4 Å². The van der Waals surface area contributed by atoms with Crippen LogP contribution in [0.3, 0.4) is 0 Å². The Morgan fingerprint density at radius 3 is 2.20 bits per heavy atom. The predicted octanol–water partition coefficient (Wildman–Crippen LogP) is 4.04. The number of halogens is 1. The average Bonchev–Trinajstić information content (AvgIpc) is 2.51. The maximum absolute atomic E-state index is 11.8. The molecule has 0 spiro atoms. The van der Waals surface area contributed by atoms with Gasteiger partial charge in [-0.2, -0.15) is 0 Å². The molecule has 0 aromatic heterocycles. The van der Waals surface area contributed by atoms with Crippen molar-refractivity contribution in [3.8, 4) is 0 Å². The lowest BCUT2D eigenvalue weighted by molar-refractivity contribution is -0.121. The molecular weight excluding hydrogens is 431 g/mol. The van der Waals surface area contributed by atoms with E-state index in [-0.39, 0.29) is 5.91 Å². The molecule has 0 radical (unpaired) electrons. The standard InChI is InChI=1S/C19H29IN2O3/c1-19(2,3)25-18(24)22-14-5-4-13-21-17(23)8-6-7-15-9-11-16(20)12-10-15/h9-12H,4-8,13-14H2,1-3H3,(H,21,23)(H,22,24). The number of nitrogens with one attached hydrogen (secondary N) is 2. The normalized spacial score (nSPS) is 11.0. The third-order valence-corrected chi connectivity index (χ3v) is 4.10. The molecule has 0 aliphatic carbocycles. The molecule has 0 heterocycles. The molecule has 140 valence electrons. The maximum Gasteiger partial charge on any atom is 0.407 e. The van der Waals surface area contributed by atoms with E-state index in [1.54, 1.807) is 0 Å². The van der Waals surface area contributed by atoms with E-state index in [0.717, 1.165) is 25.7 Å². The summed E-state index contributed by atoms with van der Waals surface area (Å²) in [6.07, 6.45) is 3.56. The minimum absolute atomic E-state index is 0.0885. The Bertz CT molecular complexity index is 539. The van der Waals surface area contributed by atoms with Crippen molar-refractivity contribution in [2.45, 2.75) is 58.5 Å². The Morgan fingerprint density at radius 1 is 1.00 bits per heavy atom. The molecule has 2 N–H and O–H groups in total. The van der Waals surface area contributed by atoms with Crippen LogP contribution in [0.2, 0.25) is 0 Å². The van der Waals surface area contributed by atoms with Crippen LogP contribution in [0.1, 0.15) is 52.0 Å². The molecule has 0 saturated carbocycles. The number of amides is 2. The van der Waals surface area contributed by atoms with E-state index in [1.165, 1.54) is 9.13 Å². The van der Waals surface area contributed by atoms with Gasteiger partial charge >= 0.3 is 6.09 Å². The summed E-state index contributed by atoms with van der Waals surface area (Å²) in [6.45, 7) is 6.69. The second-order valence-electron chi connectivity index (χ2n) is 6.97. The summed E-state index contributed by atoms with van der Waals surface area (Å²) in [5.74, 6) is 0.0885. The van der Waals surface area contributed by atoms with Gasteiger partial charge in [-0.3, -0.25) is 4.79 Å². The topological polar surface area (TPSA) is 67.4 Å². The van der Waals surface area contributed by atoms with Gasteiger partial charge in [-0.15, -0.1) is 0 Å². The van der Waals surface area contributed by atoms with Crippen molar-refractivity contribution in [3.63, 3.8) is 0 Å². The number of aryl methyl sites for hydroxylation is 1. The van der Waals surface area contributed by atoms with E-state index < -0.39 is 11.7 Å². The van der Waals surface area contributed by atoms with Gasteiger partial charge in [-0.1, -0.05) is 12.1 Å². The van der Waals surface area contributed by atoms with Gasteiger partial charge in [-0.05, 0) is 86.7 Å². The fraction of sp³-hybridized carbons (Fsp3) is 0.579. The molecule has 0 saturated heterocycles. The first kappa shape index (κ1) is 21.7. The van der Waals surface area contributed by atoms with Crippen LogP contribution in [0, 0.1) is 3.57 Å². The summed E-state index contributed by atoms with van der Waals surface area (Å²) in [4.78, 5) is 23.2. The monoisotopic (exact) mass is 460 g/mol. The van der Waals surface area contributed by atoms with E-state index in [9.17, 15) is 9.59 Å². The second kappa shape index (κ2) is 11.3. The van der Waals surface area contributed by atoms with E-state index in [4.69, 9.17) is 4.74 Å². The largest absolute Gasteiger partial charge is 0.444 e. The first-order chi connectivity index (χ1) is 11.8. The smallest absolute Gasteiger partial charge is 0.407 e. The number of benzene rings is 1. The fourth-order valence-corrected chi connectivity index (χ4v) is 2.53. The molecular formula is C19H29IN2O3. The van der Waals surface area contributed by atoms with Crippen molar-refractivity contribution >= 4 is 34.6 Å². The summed E-state index contributed by atoms with van der Waals surface area (Å²) in [5.41, 5.74) is 0.789. The summed E-state index contributed by atoms with van der Waals surface area (Å²) in [6, 6.07) is 8.39. The van der Waals surface area contributed by atoms with Crippen LogP contribution in [-0.2, 0) is 16.0 Å². The first-order valence-electron chi connectivity index (χ1n) is 8.74. The first-order valence-corrected chi connectivity index (χ1v) is 9.82. The van der Waals surface area contributed by atoms with Crippen LogP contribution in [-0.4, -0.2) is 30.7 Å². The minimum Gasteiger partial charge on any atom is -0.444 e. The van der Waals surface area contributed by atoms with Crippen LogP contribution in [0.15, 0.2) is 24.3 Å². The number of alkyl carbamates (subject to hydrolysis) is 1. The van der Waals surface area contributed by atoms with E-state index in [2.05, 4.69) is 57.5 Å². The van der Waals surface area contributed by atoms with Crippen molar-refractivity contribution in [1.29, 1.82) is 0 Å². The van der Waals surface area contributed by atoms with Crippen LogP contribution in [0.5, 0.6) is 0 Å². The van der Waals surface area contributed by atoms with Gasteiger partial charge in [0.25, 0.3) is 0 Å². The average molecular weight is 460 g/mol. The van der Waals surface area contributed by atoms with E-state index in [0.29, 0.717) is 19.5 Å². The highest BCUT2D eigenvalue weighted by molar-refractivity contribution is 14.1. The number of unbranched alkanes of at least 4 members (excludes halogenated alkanes) is 1. The number of ether oxygens (including phenoxy) is 1. The van der Waals surface area contributed by atoms with Crippen molar-refractivity contribution in [3.05, 3.63) is 33.4 Å². The number of hydrogen-bond donors (Lipinski definition) is 2. The number of carbonyl (C=O) groups excluding carboxylic acids is 2. The van der Waals surface area contributed by atoms with E-state index in [1.807, 2.05) is 20.8 Å². The van der Waals surface area contributed by atoms with Crippen LogP contribution < -0.4 is 10.6 Å². The van der Waals surface area contributed by atoms with Crippen molar-refractivity contribution in [2.75, 3.05) is 13.1 Å². The highest BCUT2D eigenvalue weighted by atomic mass is 127. The molecule has 0 bridgehead atoms. The van der Waals surface area contributed by atoms with Gasteiger partial charge in [-0.25, -0.2) is 4.79 Å². The number of hydrogen-bond acceptors (Lipinski definition) is 3. The molecule has 1 aromatic rings. The highest BCUT2D eigenvalue weighted by Gasteiger charge is 2.15. The number of rotatable bonds is 9. The van der Waals surface area contributed by atoms with E-state index >= 15 is 0 Å². The lowest BCUT2D eigenvalue weighted by atomic mass is 10.1. The van der Waals surface area contributed by atoms with Gasteiger partial charge in [0.2, 0.25) is 5.91 Å². The molecule has 1 rings (SSSR count). The van der Waals surface area contributed by atoms with Crippen LogP contribution in [0.25, 0.3) is 0 Å². The van der Waals surface area contributed by atoms with Crippen LogP contribution >= 0.6 is 22.6 Å². The molecule has 1 aromatic carbocycles. The highest BCUT2D eigenvalue weighted by Crippen LogP contribution is 2.09. The zero-order valence-electron chi connectivity index (χ0n) is 15.4. The predicted molar refractivity (Wildman–Crippen MR) is 109 cm³/mol. The lowest BCUT2D eigenvalue weighted by Gasteiger charge is -2.19. The third-order valence-electron chi connectivity index (χ3n) is 3.38. The lowest BCUT2D eigenvalue weighted by Crippen LogP contribution is -2.33. The molecule has 0 aliphatic rings. The quantitative estimate of drug-likeness (QED) is 0.432. The fourth-order valence-electron chi connectivity index (χ4n) is 2.17. The van der Waals surface area contributed by atoms with Crippen molar-refractivity contribution < 1.29 is 14.3 Å². The second-order valence-corrected chi connectivity index (χ2v) is 8.21. The number of carbonyl (C=O) groups is 2. The zero-order valence-corrected chi connectivity index (χ0v) is 17.5. The van der Waals surface area contributed by atoms with Gasteiger partial charge in [0.15, 0.2) is 0 Å². The van der Waals surface area contributed by atoms with Gasteiger partial charge in [0.1, 0.15) is 5.60 Å². The van der Waals surface area contributed by atoms with Crippen LogP contribution in [0.4, 0.5) is 4.79 Å². The molecule has 6 heteroatoms. The Kier molecular flexibility index (Phi) is 9.85. The Labute approximate surface area is 164 Å². The summed E-state index contributed by atoms with van der Waals surface area (Å²) >= 11 is 2.28. The molecule has 0 atom stereocenters. The molecule has 5 nitrogen and oxygen atoms in total. The Morgan fingerprint density at radius 2 is 1.60 bits per heavy atom. The minimum atomic E-state index is -0.476. The third kappa shape index (κ3) is 11.8. The summed E-state index contributed by atoms with van der Waals surface area (Å²) < 4.78 is 6.37. The van der Waals surface area contributed by atoms with Gasteiger partial charge in [0.05, 0.1) is 0 Å². The van der Waals surface area contributed by atoms with Crippen molar-refractivity contribution in [1.82, 2.24) is 10.6 Å². The van der Waals surface area contributed by atoms with Crippen molar-refractivity contribution in [2.24, 2.45) is 0 Å². The van der Waals surface area contributed by atoms with Gasteiger partial charge in [0, 0.05) is 23.1 Å². The summed E-state index contributed by atoms with van der Waals surface area (Å²) in [5, 5.41) is 5.63. The molecule has 25 heavy (non-hydrogen) atoms. The maximum atomic E-state index is 11.8. The Hall–Kier alpha value is -1.31. The summed E-state index contributed by atoms with van der Waals surface area (Å²) in [7, 11) is 0. The molecule has 2 amide bonds. The zero-order chi connectivity index (χ0) is 18.7. The Balaban J connectivity index is 2.00. The molecule has 0 aliphatic heterocycles.